The Morgan fingerprint density at radius 1 is 1.09 bits per heavy atom. The van der Waals surface area contributed by atoms with Gasteiger partial charge in [0.15, 0.2) is 0 Å². The van der Waals surface area contributed by atoms with E-state index in [2.05, 4.69) is 84.1 Å². The zero-order valence-corrected chi connectivity index (χ0v) is 18.4. The van der Waals surface area contributed by atoms with Crippen molar-refractivity contribution in [1.82, 2.24) is 9.47 Å². The van der Waals surface area contributed by atoms with E-state index < -0.39 is 0 Å². The van der Waals surface area contributed by atoms with Crippen LogP contribution >= 0.6 is 0 Å². The molecule has 4 atom stereocenters. The molecule has 1 saturated heterocycles. The standard InChI is InChI=1S/C26H26N2O.CO2/c1-3-26-16-25(2)28-21-12-8-7-11-18(21)19-13-14-27(23(26)22(19)28)15-20(24(26)29-25)17-9-5-4-6-10-17;2-1-3/h4-12,15,23-24H,3,13-14,16H2,1-2H3;/t23-,24-,25-,26+;/m1./s1. The molecule has 162 valence electrons. The van der Waals surface area contributed by atoms with Crippen LogP contribution in [-0.4, -0.2) is 28.3 Å². The molecule has 0 spiro atoms. The highest BCUT2D eigenvalue weighted by Gasteiger charge is 2.67. The first kappa shape index (κ1) is 19.5. The monoisotopic (exact) mass is 426 g/mol. The van der Waals surface area contributed by atoms with Gasteiger partial charge in [-0.3, -0.25) is 0 Å². The van der Waals surface area contributed by atoms with Crippen LogP contribution in [0.5, 0.6) is 0 Å². The minimum absolute atomic E-state index is 0.133. The molecule has 0 unspecified atom stereocenters. The molecule has 5 heterocycles. The second-order valence-corrected chi connectivity index (χ2v) is 9.58. The summed E-state index contributed by atoms with van der Waals surface area (Å²) < 4.78 is 9.67. The quantitative estimate of drug-likeness (QED) is 0.586. The molecule has 2 aromatic carbocycles. The maximum atomic E-state index is 8.12. The molecule has 32 heavy (non-hydrogen) atoms. The molecule has 0 amide bonds. The second kappa shape index (κ2) is 6.68. The van der Waals surface area contributed by atoms with Crippen LogP contribution in [0.1, 0.15) is 49.6 Å². The summed E-state index contributed by atoms with van der Waals surface area (Å²) in [5.41, 5.74) is 6.96. The molecule has 4 aliphatic heterocycles. The van der Waals surface area contributed by atoms with Crippen LogP contribution in [0.15, 0.2) is 60.8 Å². The molecule has 1 fully saturated rings. The van der Waals surface area contributed by atoms with Crippen LogP contribution in [0.4, 0.5) is 0 Å². The molecule has 4 aliphatic rings. The number of hydrogen-bond acceptors (Lipinski definition) is 4. The Kier molecular flexibility index (Phi) is 4.08. The van der Waals surface area contributed by atoms with Gasteiger partial charge in [0.25, 0.3) is 0 Å². The maximum absolute atomic E-state index is 8.12. The summed E-state index contributed by atoms with van der Waals surface area (Å²) >= 11 is 0. The van der Waals surface area contributed by atoms with Crippen LogP contribution in [0.2, 0.25) is 0 Å². The molecule has 3 aromatic rings. The first-order valence-electron chi connectivity index (χ1n) is 11.4. The van der Waals surface area contributed by atoms with Gasteiger partial charge in [-0.25, -0.2) is 0 Å². The van der Waals surface area contributed by atoms with E-state index in [0.29, 0.717) is 6.04 Å². The fraction of sp³-hybridized carbons (Fsp3) is 0.370. The first-order valence-corrected chi connectivity index (χ1v) is 11.4. The number of aromatic nitrogens is 1. The highest BCUT2D eigenvalue weighted by molar-refractivity contribution is 5.87. The number of ether oxygens (including phenoxy) is 1. The molecule has 7 rings (SSSR count). The summed E-state index contributed by atoms with van der Waals surface area (Å²) in [6, 6.07) is 20.3. The zero-order valence-electron chi connectivity index (χ0n) is 18.4. The number of nitrogens with zero attached hydrogens (tertiary/aromatic N) is 2. The number of hydrogen-bond donors (Lipinski definition) is 0. The van der Waals surface area contributed by atoms with E-state index in [1.54, 1.807) is 5.56 Å². The van der Waals surface area contributed by atoms with E-state index in [1.807, 2.05) is 0 Å². The summed E-state index contributed by atoms with van der Waals surface area (Å²) in [6.07, 6.45) is 6.15. The van der Waals surface area contributed by atoms with Gasteiger partial charge in [-0.05, 0) is 37.0 Å². The lowest BCUT2D eigenvalue weighted by atomic mass is 9.62. The van der Waals surface area contributed by atoms with E-state index in [1.165, 1.54) is 27.7 Å². The van der Waals surface area contributed by atoms with Crippen LogP contribution < -0.4 is 0 Å². The highest BCUT2D eigenvalue weighted by atomic mass is 16.5. The van der Waals surface area contributed by atoms with Crippen molar-refractivity contribution in [3.8, 4) is 0 Å². The predicted octanol–water partition coefficient (Wildman–Crippen LogP) is 4.88. The number of para-hydroxylation sites is 1. The summed E-state index contributed by atoms with van der Waals surface area (Å²) in [5.74, 6) is 0. The number of benzene rings is 2. The Hall–Kier alpha value is -3.14. The van der Waals surface area contributed by atoms with Gasteiger partial charge in [0, 0.05) is 41.2 Å². The van der Waals surface area contributed by atoms with Crippen LogP contribution in [-0.2, 0) is 26.5 Å². The number of fused-ring (bicyclic) bond motifs is 5. The van der Waals surface area contributed by atoms with Crippen LogP contribution in [0.25, 0.3) is 16.5 Å². The lowest BCUT2D eigenvalue weighted by molar-refractivity contribution is -0.191. The Labute approximate surface area is 187 Å². The van der Waals surface area contributed by atoms with Crippen molar-refractivity contribution in [2.45, 2.75) is 51.0 Å². The van der Waals surface area contributed by atoms with Crippen molar-refractivity contribution >= 4 is 22.6 Å². The van der Waals surface area contributed by atoms with E-state index in [9.17, 15) is 0 Å². The molecule has 0 N–H and O–H groups in total. The average molecular weight is 427 g/mol. The van der Waals surface area contributed by atoms with Crippen molar-refractivity contribution in [3.05, 3.63) is 77.6 Å². The van der Waals surface area contributed by atoms with Gasteiger partial charge < -0.3 is 14.2 Å². The zero-order chi connectivity index (χ0) is 22.1. The topological polar surface area (TPSA) is 51.5 Å². The predicted molar refractivity (Wildman–Crippen MR) is 120 cm³/mol. The summed E-state index contributed by atoms with van der Waals surface area (Å²) in [6.45, 7) is 5.79. The Balaban J connectivity index is 0.000000620. The van der Waals surface area contributed by atoms with Crippen LogP contribution in [0, 0.1) is 5.41 Å². The van der Waals surface area contributed by atoms with E-state index in [4.69, 9.17) is 14.3 Å². The van der Waals surface area contributed by atoms with Crippen molar-refractivity contribution < 1.29 is 14.3 Å². The third kappa shape index (κ3) is 2.27. The fourth-order valence-electron chi connectivity index (χ4n) is 7.12. The molecule has 5 nitrogen and oxygen atoms in total. The van der Waals surface area contributed by atoms with Crippen LogP contribution in [0.3, 0.4) is 0 Å². The summed E-state index contributed by atoms with van der Waals surface area (Å²) in [5, 5.41) is 1.43. The SMILES string of the molecule is CC[C@@]12C[C@@]3(C)O[C@@H]1C(c1ccccc1)=CN1CCc4c(n3c3ccccc43)[C@@H]12.O=C=O. The molecule has 5 heteroatoms. The van der Waals surface area contributed by atoms with Crippen molar-refractivity contribution in [2.75, 3.05) is 6.54 Å². The summed E-state index contributed by atoms with van der Waals surface area (Å²) in [4.78, 5) is 18.9. The Bertz CT molecular complexity index is 1290. The third-order valence-electron chi connectivity index (χ3n) is 8.15. The second-order valence-electron chi connectivity index (χ2n) is 9.58. The molecule has 0 radical (unpaired) electrons. The Morgan fingerprint density at radius 3 is 2.56 bits per heavy atom. The normalized spacial score (nSPS) is 30.9. The third-order valence-corrected chi connectivity index (χ3v) is 8.15. The average Bonchev–Trinajstić information content (AvgIpc) is 3.31. The molecule has 1 aromatic heterocycles. The maximum Gasteiger partial charge on any atom is 0.373 e. The lowest BCUT2D eigenvalue weighted by Crippen LogP contribution is -2.53. The van der Waals surface area contributed by atoms with E-state index in [0.717, 1.165) is 25.8 Å². The molecular weight excluding hydrogens is 400 g/mol. The largest absolute Gasteiger partial charge is 0.373 e. The number of rotatable bonds is 2. The van der Waals surface area contributed by atoms with Gasteiger partial charge in [-0.15, -0.1) is 0 Å². The minimum atomic E-state index is -0.286. The van der Waals surface area contributed by atoms with Crippen molar-refractivity contribution in [3.63, 3.8) is 0 Å². The smallest absolute Gasteiger partial charge is 0.368 e. The van der Waals surface area contributed by atoms with Gasteiger partial charge in [-0.2, -0.15) is 9.59 Å². The summed E-state index contributed by atoms with van der Waals surface area (Å²) in [7, 11) is 0. The Morgan fingerprint density at radius 2 is 1.81 bits per heavy atom. The molecule has 2 bridgehead atoms. The molecular formula is C27H26N2O3. The van der Waals surface area contributed by atoms with Gasteiger partial charge >= 0.3 is 6.15 Å². The van der Waals surface area contributed by atoms with E-state index in [-0.39, 0.29) is 23.4 Å². The minimum Gasteiger partial charge on any atom is -0.368 e. The van der Waals surface area contributed by atoms with Crippen molar-refractivity contribution in [1.29, 1.82) is 0 Å². The first-order chi connectivity index (χ1) is 15.6. The van der Waals surface area contributed by atoms with Gasteiger partial charge in [0.05, 0.1) is 17.7 Å². The van der Waals surface area contributed by atoms with Crippen molar-refractivity contribution in [2.24, 2.45) is 5.41 Å². The number of carbonyl (C=O) groups excluding carboxylic acids is 2. The molecule has 0 saturated carbocycles. The fourth-order valence-corrected chi connectivity index (χ4v) is 7.12. The highest BCUT2D eigenvalue weighted by Crippen LogP contribution is 2.68. The van der Waals surface area contributed by atoms with E-state index >= 15 is 0 Å². The van der Waals surface area contributed by atoms with Gasteiger partial charge in [-0.1, -0.05) is 55.5 Å². The van der Waals surface area contributed by atoms with Gasteiger partial charge in [0.1, 0.15) is 5.72 Å². The lowest BCUT2D eigenvalue weighted by Gasteiger charge is -2.54. The molecule has 0 aliphatic carbocycles. The van der Waals surface area contributed by atoms with Gasteiger partial charge in [0.2, 0.25) is 0 Å².